The van der Waals surface area contributed by atoms with E-state index >= 15 is 0 Å². The van der Waals surface area contributed by atoms with Gasteiger partial charge in [-0.1, -0.05) is 13.8 Å². The third kappa shape index (κ3) is 3.00. The van der Waals surface area contributed by atoms with Gasteiger partial charge in [-0.05, 0) is 65.1 Å². The van der Waals surface area contributed by atoms with E-state index in [0.29, 0.717) is 12.3 Å². The predicted molar refractivity (Wildman–Crippen MR) is 79.3 cm³/mol. The molecule has 1 aliphatic rings. The van der Waals surface area contributed by atoms with E-state index in [2.05, 4.69) is 54.6 Å². The van der Waals surface area contributed by atoms with E-state index in [1.165, 1.54) is 9.13 Å². The van der Waals surface area contributed by atoms with E-state index in [9.17, 15) is 4.79 Å². The molecular weight excluding hydrogens is 325 g/mol. The van der Waals surface area contributed by atoms with Crippen LogP contribution in [-0.2, 0) is 11.2 Å². The molecule has 1 aliphatic heterocycles. The standard InChI is InChI=1S/C14H18INO/c1-10(2)7-8-16-13-5-4-12(15)9-11(13)3-6-14(16)17/h4-5,9-10H,3,6-8H2,1-2H3. The van der Waals surface area contributed by atoms with Gasteiger partial charge in [0.15, 0.2) is 0 Å². The van der Waals surface area contributed by atoms with E-state index in [1.807, 2.05) is 4.90 Å². The number of hydrogen-bond acceptors (Lipinski definition) is 1. The van der Waals surface area contributed by atoms with Gasteiger partial charge in [0.1, 0.15) is 0 Å². The molecule has 3 heteroatoms. The molecular formula is C14H18INO. The van der Waals surface area contributed by atoms with Crippen molar-refractivity contribution in [1.29, 1.82) is 0 Å². The molecule has 17 heavy (non-hydrogen) atoms. The SMILES string of the molecule is CC(C)CCN1C(=O)CCc2cc(I)ccc21. The van der Waals surface area contributed by atoms with Crippen LogP contribution in [0.3, 0.4) is 0 Å². The maximum Gasteiger partial charge on any atom is 0.227 e. The van der Waals surface area contributed by atoms with Crippen LogP contribution in [0.15, 0.2) is 18.2 Å². The molecule has 1 aromatic carbocycles. The predicted octanol–water partition coefficient (Wildman–Crippen LogP) is 3.62. The highest BCUT2D eigenvalue weighted by Gasteiger charge is 2.23. The highest BCUT2D eigenvalue weighted by atomic mass is 127. The van der Waals surface area contributed by atoms with E-state index in [1.54, 1.807) is 0 Å². The second-order valence-corrected chi connectivity index (χ2v) is 6.25. The lowest BCUT2D eigenvalue weighted by molar-refractivity contribution is -0.118. The second-order valence-electron chi connectivity index (χ2n) is 5.00. The lowest BCUT2D eigenvalue weighted by Crippen LogP contribution is -2.36. The summed E-state index contributed by atoms with van der Waals surface area (Å²) in [7, 11) is 0. The number of amides is 1. The minimum Gasteiger partial charge on any atom is -0.312 e. The van der Waals surface area contributed by atoms with Gasteiger partial charge >= 0.3 is 0 Å². The Morgan fingerprint density at radius 2 is 2.12 bits per heavy atom. The fourth-order valence-electron chi connectivity index (χ4n) is 2.16. The Morgan fingerprint density at radius 3 is 2.82 bits per heavy atom. The van der Waals surface area contributed by atoms with E-state index < -0.39 is 0 Å². The summed E-state index contributed by atoms with van der Waals surface area (Å²) >= 11 is 2.33. The number of nitrogens with zero attached hydrogens (tertiary/aromatic N) is 1. The third-order valence-electron chi connectivity index (χ3n) is 3.17. The number of benzene rings is 1. The Kier molecular flexibility index (Phi) is 4.07. The fourth-order valence-corrected chi connectivity index (χ4v) is 2.72. The van der Waals surface area contributed by atoms with Crippen LogP contribution in [0.25, 0.3) is 0 Å². The smallest absolute Gasteiger partial charge is 0.227 e. The van der Waals surface area contributed by atoms with Crippen molar-refractivity contribution in [2.24, 2.45) is 5.92 Å². The van der Waals surface area contributed by atoms with E-state index in [4.69, 9.17) is 0 Å². The minimum atomic E-state index is 0.277. The maximum absolute atomic E-state index is 12.0. The molecule has 0 aliphatic carbocycles. The topological polar surface area (TPSA) is 20.3 Å². The lowest BCUT2D eigenvalue weighted by atomic mass is 10.0. The van der Waals surface area contributed by atoms with Gasteiger partial charge in [-0.15, -0.1) is 0 Å². The maximum atomic E-state index is 12.0. The first-order chi connectivity index (χ1) is 8.08. The second kappa shape index (κ2) is 5.38. The van der Waals surface area contributed by atoms with Crippen LogP contribution in [0, 0.1) is 9.49 Å². The first-order valence-corrected chi connectivity index (χ1v) is 7.24. The molecule has 1 aromatic rings. The summed E-state index contributed by atoms with van der Waals surface area (Å²) < 4.78 is 1.25. The minimum absolute atomic E-state index is 0.277. The Bertz CT molecular complexity index is 428. The molecule has 0 fully saturated rings. The summed E-state index contributed by atoms with van der Waals surface area (Å²) in [5.74, 6) is 0.913. The first-order valence-electron chi connectivity index (χ1n) is 6.16. The van der Waals surface area contributed by atoms with Crippen molar-refractivity contribution < 1.29 is 4.79 Å². The summed E-state index contributed by atoms with van der Waals surface area (Å²) in [6.45, 7) is 5.25. The summed E-state index contributed by atoms with van der Waals surface area (Å²) in [6.07, 6.45) is 2.62. The number of anilines is 1. The Hall–Kier alpha value is -0.580. The monoisotopic (exact) mass is 343 g/mol. The molecule has 0 unspecified atom stereocenters. The molecule has 0 radical (unpaired) electrons. The van der Waals surface area contributed by atoms with Gasteiger partial charge in [0, 0.05) is 22.2 Å². The number of carbonyl (C=O) groups excluding carboxylic acids is 1. The van der Waals surface area contributed by atoms with Gasteiger partial charge in [0.05, 0.1) is 0 Å². The molecule has 1 heterocycles. The van der Waals surface area contributed by atoms with Crippen LogP contribution in [0.1, 0.15) is 32.3 Å². The van der Waals surface area contributed by atoms with Crippen molar-refractivity contribution in [3.05, 3.63) is 27.3 Å². The van der Waals surface area contributed by atoms with Gasteiger partial charge in [-0.3, -0.25) is 4.79 Å². The molecule has 0 spiro atoms. The van der Waals surface area contributed by atoms with Crippen LogP contribution in [0.4, 0.5) is 5.69 Å². The number of hydrogen-bond donors (Lipinski definition) is 0. The number of halogens is 1. The van der Waals surface area contributed by atoms with Crippen LogP contribution in [0.2, 0.25) is 0 Å². The average Bonchev–Trinajstić information content (AvgIpc) is 2.27. The van der Waals surface area contributed by atoms with Crippen LogP contribution in [-0.4, -0.2) is 12.5 Å². The Morgan fingerprint density at radius 1 is 1.35 bits per heavy atom. The van der Waals surface area contributed by atoms with Crippen molar-refractivity contribution in [3.63, 3.8) is 0 Å². The zero-order valence-corrected chi connectivity index (χ0v) is 12.5. The Labute approximate surface area is 117 Å². The van der Waals surface area contributed by atoms with Gasteiger partial charge < -0.3 is 4.90 Å². The van der Waals surface area contributed by atoms with Gasteiger partial charge in [0.25, 0.3) is 0 Å². The molecule has 0 bridgehead atoms. The highest BCUT2D eigenvalue weighted by molar-refractivity contribution is 14.1. The van der Waals surface area contributed by atoms with Gasteiger partial charge in [-0.25, -0.2) is 0 Å². The molecule has 92 valence electrons. The molecule has 0 saturated heterocycles. The van der Waals surface area contributed by atoms with Crippen molar-refractivity contribution >= 4 is 34.2 Å². The number of rotatable bonds is 3. The number of aryl methyl sites for hydroxylation is 1. The molecule has 0 aromatic heterocycles. The molecule has 2 rings (SSSR count). The van der Waals surface area contributed by atoms with Gasteiger partial charge in [-0.2, -0.15) is 0 Å². The van der Waals surface area contributed by atoms with Crippen molar-refractivity contribution in [1.82, 2.24) is 0 Å². The largest absolute Gasteiger partial charge is 0.312 e. The summed E-state index contributed by atoms with van der Waals surface area (Å²) in [4.78, 5) is 13.9. The normalized spacial score (nSPS) is 15.3. The van der Waals surface area contributed by atoms with Crippen molar-refractivity contribution in [2.75, 3.05) is 11.4 Å². The fraction of sp³-hybridized carbons (Fsp3) is 0.500. The summed E-state index contributed by atoms with van der Waals surface area (Å²) in [5.41, 5.74) is 2.45. The highest BCUT2D eigenvalue weighted by Crippen LogP contribution is 2.29. The zero-order valence-electron chi connectivity index (χ0n) is 10.4. The number of fused-ring (bicyclic) bond motifs is 1. The Balaban J connectivity index is 2.24. The molecule has 2 nitrogen and oxygen atoms in total. The average molecular weight is 343 g/mol. The van der Waals surface area contributed by atoms with Crippen molar-refractivity contribution in [2.45, 2.75) is 33.1 Å². The van der Waals surface area contributed by atoms with Crippen LogP contribution in [0.5, 0.6) is 0 Å². The third-order valence-corrected chi connectivity index (χ3v) is 3.84. The zero-order chi connectivity index (χ0) is 12.4. The van der Waals surface area contributed by atoms with E-state index in [-0.39, 0.29) is 5.91 Å². The van der Waals surface area contributed by atoms with Gasteiger partial charge in [0.2, 0.25) is 5.91 Å². The molecule has 1 amide bonds. The van der Waals surface area contributed by atoms with Crippen molar-refractivity contribution in [3.8, 4) is 0 Å². The molecule has 0 atom stereocenters. The molecule has 0 N–H and O–H groups in total. The van der Waals surface area contributed by atoms with E-state index in [0.717, 1.165) is 25.1 Å². The quantitative estimate of drug-likeness (QED) is 0.768. The lowest BCUT2D eigenvalue weighted by Gasteiger charge is -2.30. The molecule has 0 saturated carbocycles. The number of carbonyl (C=O) groups is 1. The first kappa shape index (κ1) is 12.9. The van der Waals surface area contributed by atoms with Crippen LogP contribution < -0.4 is 4.90 Å². The van der Waals surface area contributed by atoms with Crippen LogP contribution >= 0.6 is 22.6 Å². The summed E-state index contributed by atoms with van der Waals surface area (Å²) in [6, 6.07) is 6.37. The summed E-state index contributed by atoms with van der Waals surface area (Å²) in [5, 5.41) is 0.